The maximum Gasteiger partial charge on any atom is 0.293 e. The molecule has 0 radical (unpaired) electrons. The SMILES string of the molecule is Cc1ccc(N2C(=O)SC(CC(=O)Nc3ccccc3O)C2=O)cc1C. The maximum atomic E-state index is 12.6. The van der Waals surface area contributed by atoms with Crippen molar-refractivity contribution in [2.45, 2.75) is 25.5 Å². The number of imide groups is 1. The second kappa shape index (κ2) is 7.21. The van der Waals surface area contributed by atoms with Crippen LogP contribution in [0.15, 0.2) is 42.5 Å². The summed E-state index contributed by atoms with van der Waals surface area (Å²) in [4.78, 5) is 38.2. The van der Waals surface area contributed by atoms with Gasteiger partial charge in [-0.25, -0.2) is 4.90 Å². The number of aryl methyl sites for hydroxylation is 2. The highest BCUT2D eigenvalue weighted by Crippen LogP contribution is 2.34. The van der Waals surface area contributed by atoms with Crippen molar-refractivity contribution in [1.29, 1.82) is 0 Å². The molecule has 1 atom stereocenters. The molecule has 3 amide bonds. The molecule has 2 aromatic carbocycles. The van der Waals surface area contributed by atoms with E-state index in [9.17, 15) is 19.5 Å². The van der Waals surface area contributed by atoms with E-state index in [1.807, 2.05) is 19.9 Å². The Morgan fingerprint density at radius 3 is 2.58 bits per heavy atom. The molecule has 0 aliphatic carbocycles. The van der Waals surface area contributed by atoms with Crippen molar-refractivity contribution in [3.8, 4) is 5.75 Å². The smallest absolute Gasteiger partial charge is 0.293 e. The fourth-order valence-corrected chi connectivity index (χ4v) is 3.62. The first kappa shape index (κ1) is 18.0. The number of anilines is 2. The van der Waals surface area contributed by atoms with Crippen molar-refractivity contribution in [3.63, 3.8) is 0 Å². The van der Waals surface area contributed by atoms with E-state index in [2.05, 4.69) is 5.32 Å². The van der Waals surface area contributed by atoms with Crippen molar-refractivity contribution in [2.75, 3.05) is 10.2 Å². The normalized spacial score (nSPS) is 16.8. The Kier molecular flexibility index (Phi) is 4.99. The summed E-state index contributed by atoms with van der Waals surface area (Å²) in [5.41, 5.74) is 2.83. The van der Waals surface area contributed by atoms with E-state index in [1.54, 1.807) is 30.3 Å². The molecule has 0 aromatic heterocycles. The molecule has 1 fully saturated rings. The third-order valence-corrected chi connectivity index (χ3v) is 5.26. The summed E-state index contributed by atoms with van der Waals surface area (Å²) in [5.74, 6) is -0.901. The topological polar surface area (TPSA) is 86.7 Å². The van der Waals surface area contributed by atoms with Crippen LogP contribution in [0, 0.1) is 13.8 Å². The van der Waals surface area contributed by atoms with Crippen molar-refractivity contribution < 1.29 is 19.5 Å². The van der Waals surface area contributed by atoms with Crippen molar-refractivity contribution >= 4 is 40.2 Å². The lowest BCUT2D eigenvalue weighted by Gasteiger charge is -2.15. The summed E-state index contributed by atoms with van der Waals surface area (Å²) in [7, 11) is 0. The molecular formula is C19H18N2O4S. The fraction of sp³-hybridized carbons (Fsp3) is 0.211. The molecule has 6 nitrogen and oxygen atoms in total. The standard InChI is InChI=1S/C19H18N2O4S/c1-11-7-8-13(9-12(11)2)21-18(24)16(26-19(21)25)10-17(23)20-14-5-3-4-6-15(14)22/h3-9,16,22H,10H2,1-2H3,(H,20,23). The Bertz CT molecular complexity index is 897. The summed E-state index contributed by atoms with van der Waals surface area (Å²) in [6.07, 6.45) is -0.148. The Morgan fingerprint density at radius 1 is 1.15 bits per heavy atom. The minimum atomic E-state index is -0.782. The molecule has 1 aliphatic heterocycles. The number of phenolic OH excluding ortho intramolecular Hbond substituents is 1. The fourth-order valence-electron chi connectivity index (χ4n) is 2.63. The van der Waals surface area contributed by atoms with E-state index in [0.717, 1.165) is 27.8 Å². The highest BCUT2D eigenvalue weighted by Gasteiger charge is 2.41. The van der Waals surface area contributed by atoms with Gasteiger partial charge in [0.25, 0.3) is 5.24 Å². The largest absolute Gasteiger partial charge is 0.506 e. The van der Waals surface area contributed by atoms with Gasteiger partial charge in [-0.05, 0) is 61.0 Å². The quantitative estimate of drug-likeness (QED) is 0.803. The molecule has 2 N–H and O–H groups in total. The molecule has 0 spiro atoms. The first-order chi connectivity index (χ1) is 12.4. The lowest BCUT2D eigenvalue weighted by Crippen LogP contribution is -2.33. The van der Waals surface area contributed by atoms with Crippen LogP contribution in [0.5, 0.6) is 5.75 Å². The van der Waals surface area contributed by atoms with Gasteiger partial charge in [0.15, 0.2) is 0 Å². The Hall–Kier alpha value is -2.80. The zero-order chi connectivity index (χ0) is 18.8. The first-order valence-electron chi connectivity index (χ1n) is 8.06. The second-order valence-corrected chi connectivity index (χ2v) is 7.24. The molecular weight excluding hydrogens is 352 g/mol. The minimum Gasteiger partial charge on any atom is -0.506 e. The van der Waals surface area contributed by atoms with Crippen LogP contribution in [-0.2, 0) is 9.59 Å². The lowest BCUT2D eigenvalue weighted by atomic mass is 10.1. The number of para-hydroxylation sites is 2. The number of aromatic hydroxyl groups is 1. The predicted octanol–water partition coefficient (Wildman–Crippen LogP) is 3.61. The lowest BCUT2D eigenvalue weighted by molar-refractivity contribution is -0.121. The van der Waals surface area contributed by atoms with E-state index < -0.39 is 22.3 Å². The summed E-state index contributed by atoms with van der Waals surface area (Å²) >= 11 is 0.844. The Balaban J connectivity index is 1.71. The zero-order valence-electron chi connectivity index (χ0n) is 14.4. The number of carbonyl (C=O) groups is 3. The number of nitrogens with zero attached hydrogens (tertiary/aromatic N) is 1. The van der Waals surface area contributed by atoms with Gasteiger partial charge in [0.1, 0.15) is 11.0 Å². The number of hydrogen-bond acceptors (Lipinski definition) is 5. The molecule has 7 heteroatoms. The van der Waals surface area contributed by atoms with Crippen molar-refractivity contribution in [1.82, 2.24) is 0 Å². The molecule has 3 rings (SSSR count). The molecule has 26 heavy (non-hydrogen) atoms. The molecule has 2 aromatic rings. The molecule has 1 aliphatic rings. The Morgan fingerprint density at radius 2 is 1.88 bits per heavy atom. The van der Waals surface area contributed by atoms with Gasteiger partial charge in [0.05, 0.1) is 11.4 Å². The molecule has 0 saturated carbocycles. The summed E-state index contributed by atoms with van der Waals surface area (Å²) in [6, 6.07) is 11.7. The van der Waals surface area contributed by atoms with Gasteiger partial charge in [0, 0.05) is 6.42 Å². The minimum absolute atomic E-state index is 0.0564. The van der Waals surface area contributed by atoms with Crippen LogP contribution in [0.25, 0.3) is 0 Å². The van der Waals surface area contributed by atoms with Crippen LogP contribution in [0.3, 0.4) is 0 Å². The molecule has 134 valence electrons. The highest BCUT2D eigenvalue weighted by molar-refractivity contribution is 8.15. The number of nitrogens with one attached hydrogen (secondary N) is 1. The number of rotatable bonds is 4. The second-order valence-electron chi connectivity index (χ2n) is 6.08. The van der Waals surface area contributed by atoms with E-state index in [4.69, 9.17) is 0 Å². The third kappa shape index (κ3) is 3.57. The third-order valence-electron chi connectivity index (χ3n) is 4.22. The van der Waals surface area contributed by atoms with E-state index in [1.165, 1.54) is 6.07 Å². The van der Waals surface area contributed by atoms with Gasteiger partial charge in [0.2, 0.25) is 11.8 Å². The molecule has 1 unspecified atom stereocenters. The predicted molar refractivity (Wildman–Crippen MR) is 102 cm³/mol. The van der Waals surface area contributed by atoms with Crippen LogP contribution >= 0.6 is 11.8 Å². The summed E-state index contributed by atoms with van der Waals surface area (Å²) < 4.78 is 0. The van der Waals surface area contributed by atoms with Gasteiger partial charge in [-0.15, -0.1) is 0 Å². The summed E-state index contributed by atoms with van der Waals surface area (Å²) in [5, 5.41) is 11.1. The average Bonchev–Trinajstić information content (AvgIpc) is 2.86. The molecule has 0 bridgehead atoms. The van der Waals surface area contributed by atoms with Crippen LogP contribution in [0.1, 0.15) is 17.5 Å². The van der Waals surface area contributed by atoms with Crippen molar-refractivity contribution in [2.24, 2.45) is 0 Å². The highest BCUT2D eigenvalue weighted by atomic mass is 32.2. The van der Waals surface area contributed by atoms with Crippen LogP contribution in [0.2, 0.25) is 0 Å². The molecule has 1 saturated heterocycles. The first-order valence-corrected chi connectivity index (χ1v) is 8.94. The summed E-state index contributed by atoms with van der Waals surface area (Å²) in [6.45, 7) is 3.86. The zero-order valence-corrected chi connectivity index (χ0v) is 15.2. The molecule has 1 heterocycles. The Labute approximate surface area is 155 Å². The number of thioether (sulfide) groups is 1. The van der Waals surface area contributed by atoms with Crippen LogP contribution in [-0.4, -0.2) is 27.4 Å². The number of hydrogen-bond donors (Lipinski definition) is 2. The average molecular weight is 370 g/mol. The van der Waals surface area contributed by atoms with Gasteiger partial charge >= 0.3 is 0 Å². The van der Waals surface area contributed by atoms with Gasteiger partial charge in [-0.3, -0.25) is 14.4 Å². The van der Waals surface area contributed by atoms with Gasteiger partial charge < -0.3 is 10.4 Å². The van der Waals surface area contributed by atoms with E-state index in [0.29, 0.717) is 5.69 Å². The van der Waals surface area contributed by atoms with Gasteiger partial charge in [-0.1, -0.05) is 18.2 Å². The monoisotopic (exact) mass is 370 g/mol. The number of phenols is 1. The maximum absolute atomic E-state index is 12.6. The van der Waals surface area contributed by atoms with Gasteiger partial charge in [-0.2, -0.15) is 0 Å². The van der Waals surface area contributed by atoms with E-state index >= 15 is 0 Å². The number of amides is 3. The number of carbonyl (C=O) groups excluding carboxylic acids is 3. The van der Waals surface area contributed by atoms with E-state index in [-0.39, 0.29) is 17.9 Å². The van der Waals surface area contributed by atoms with Crippen LogP contribution in [0.4, 0.5) is 16.2 Å². The van der Waals surface area contributed by atoms with Crippen LogP contribution < -0.4 is 10.2 Å². The van der Waals surface area contributed by atoms with Crippen molar-refractivity contribution in [3.05, 3.63) is 53.6 Å². The number of benzene rings is 2.